The summed E-state index contributed by atoms with van der Waals surface area (Å²) < 4.78 is 5.21. The summed E-state index contributed by atoms with van der Waals surface area (Å²) in [7, 11) is 0. The van der Waals surface area contributed by atoms with Crippen LogP contribution in [0.3, 0.4) is 0 Å². The van der Waals surface area contributed by atoms with E-state index in [0.29, 0.717) is 0 Å². The molecule has 0 fully saturated rings. The summed E-state index contributed by atoms with van der Waals surface area (Å²) in [6.07, 6.45) is 0. The highest BCUT2D eigenvalue weighted by Crippen LogP contribution is 2.47. The first-order valence-electron chi connectivity index (χ1n) is 12.9. The first-order chi connectivity index (χ1) is 16.0. The molecule has 5 rings (SSSR count). The molecule has 5 aromatic rings. The van der Waals surface area contributed by atoms with E-state index in [0.717, 1.165) is 13.1 Å². The predicted molar refractivity (Wildman–Crippen MR) is 151 cm³/mol. The molecule has 2 heteroatoms. The Kier molecular flexibility index (Phi) is 5.00. The van der Waals surface area contributed by atoms with Crippen molar-refractivity contribution in [3.8, 4) is 0 Å². The Labute approximate surface area is 204 Å². The number of rotatable bonds is 2. The maximum absolute atomic E-state index is 2.61. The molecule has 34 heavy (non-hydrogen) atoms. The largest absolute Gasteiger partial charge is 0.340 e. The van der Waals surface area contributed by atoms with Crippen LogP contribution in [-0.4, -0.2) is 9.13 Å². The van der Waals surface area contributed by atoms with Gasteiger partial charge >= 0.3 is 0 Å². The van der Waals surface area contributed by atoms with Crippen LogP contribution in [0, 0.1) is 69.2 Å². The molecule has 0 N–H and O–H groups in total. The number of aromatic nitrogens is 2. The highest BCUT2D eigenvalue weighted by molar-refractivity contribution is 6.24. The smallest absolute Gasteiger partial charge is 0.0545 e. The Morgan fingerprint density at radius 2 is 0.588 bits per heavy atom. The van der Waals surface area contributed by atoms with Gasteiger partial charge in [0.15, 0.2) is 0 Å². The molecule has 178 valence electrons. The summed E-state index contributed by atoms with van der Waals surface area (Å²) >= 11 is 0. The zero-order valence-corrected chi connectivity index (χ0v) is 23.3. The standard InChI is InChI=1S/C32H40N2/c1-13-33-29-21(9)17(5)15(3)19(7)25(29)27-23(11)28-26-20(8)16(4)18(6)22(10)30(26)34(14-2)32(28)24(12)31(27)33/h13-14H2,1-12H3. The molecule has 0 aliphatic carbocycles. The van der Waals surface area contributed by atoms with E-state index in [-0.39, 0.29) is 0 Å². The molecule has 2 heterocycles. The topological polar surface area (TPSA) is 9.86 Å². The molecule has 2 aromatic heterocycles. The molecule has 0 amide bonds. The van der Waals surface area contributed by atoms with Crippen molar-refractivity contribution in [1.82, 2.24) is 9.13 Å². The summed E-state index contributed by atoms with van der Waals surface area (Å²) in [6, 6.07) is 0. The van der Waals surface area contributed by atoms with Gasteiger partial charge in [-0.3, -0.25) is 0 Å². The minimum Gasteiger partial charge on any atom is -0.340 e. The van der Waals surface area contributed by atoms with Crippen LogP contribution >= 0.6 is 0 Å². The quantitative estimate of drug-likeness (QED) is 0.253. The third-order valence-corrected chi connectivity index (χ3v) is 9.46. The molecular weight excluding hydrogens is 412 g/mol. The van der Waals surface area contributed by atoms with Crippen LogP contribution in [0.15, 0.2) is 0 Å². The second-order valence-corrected chi connectivity index (χ2v) is 10.6. The molecule has 3 aromatic carbocycles. The molecule has 0 bridgehead atoms. The molecular formula is C32H40N2. The fraction of sp³-hybridized carbons (Fsp3) is 0.438. The van der Waals surface area contributed by atoms with Crippen LogP contribution < -0.4 is 0 Å². The number of nitrogens with zero attached hydrogens (tertiary/aromatic N) is 2. The highest BCUT2D eigenvalue weighted by Gasteiger charge is 2.27. The van der Waals surface area contributed by atoms with Gasteiger partial charge in [0.1, 0.15) is 0 Å². The lowest BCUT2D eigenvalue weighted by Gasteiger charge is -2.14. The molecule has 2 nitrogen and oxygen atoms in total. The summed E-state index contributed by atoms with van der Waals surface area (Å²) in [5.41, 5.74) is 20.1. The molecule has 0 saturated heterocycles. The third-order valence-electron chi connectivity index (χ3n) is 9.46. The summed E-state index contributed by atoms with van der Waals surface area (Å²) in [5, 5.41) is 5.87. The molecule has 0 aliphatic heterocycles. The second kappa shape index (κ2) is 7.38. The van der Waals surface area contributed by atoms with Crippen molar-refractivity contribution in [3.05, 3.63) is 55.6 Å². The maximum atomic E-state index is 2.61. The Bertz CT molecular complexity index is 1580. The van der Waals surface area contributed by atoms with Crippen LogP contribution in [0.4, 0.5) is 0 Å². The molecule has 0 atom stereocenters. The van der Waals surface area contributed by atoms with Gasteiger partial charge in [-0.2, -0.15) is 0 Å². The van der Waals surface area contributed by atoms with Gasteiger partial charge in [-0.05, 0) is 139 Å². The van der Waals surface area contributed by atoms with Gasteiger partial charge in [0.25, 0.3) is 0 Å². The lowest BCUT2D eigenvalue weighted by Crippen LogP contribution is -2.02. The van der Waals surface area contributed by atoms with Gasteiger partial charge in [0.2, 0.25) is 0 Å². The van der Waals surface area contributed by atoms with E-state index in [1.165, 1.54) is 99.2 Å². The van der Waals surface area contributed by atoms with Crippen molar-refractivity contribution < 1.29 is 0 Å². The minimum absolute atomic E-state index is 0.983. The lowest BCUT2D eigenvalue weighted by molar-refractivity contribution is 0.812. The van der Waals surface area contributed by atoms with Crippen LogP contribution in [0.2, 0.25) is 0 Å². The highest BCUT2D eigenvalue weighted by atomic mass is 15.0. The van der Waals surface area contributed by atoms with Gasteiger partial charge in [-0.15, -0.1) is 0 Å². The number of hydrogen-bond acceptors (Lipinski definition) is 0. The second-order valence-electron chi connectivity index (χ2n) is 10.6. The molecule has 0 unspecified atom stereocenters. The Balaban J connectivity index is 2.25. The zero-order valence-electron chi connectivity index (χ0n) is 23.3. The van der Waals surface area contributed by atoms with Crippen molar-refractivity contribution in [3.63, 3.8) is 0 Å². The Morgan fingerprint density at radius 1 is 0.324 bits per heavy atom. The van der Waals surface area contributed by atoms with E-state index in [1.807, 2.05) is 0 Å². The summed E-state index contributed by atoms with van der Waals surface area (Å²) in [5.74, 6) is 0. The first kappa shape index (κ1) is 23.0. The summed E-state index contributed by atoms with van der Waals surface area (Å²) in [4.78, 5) is 0. The van der Waals surface area contributed by atoms with Gasteiger partial charge in [0, 0.05) is 34.6 Å². The van der Waals surface area contributed by atoms with E-state index >= 15 is 0 Å². The van der Waals surface area contributed by atoms with Crippen molar-refractivity contribution in [2.45, 2.75) is 96.2 Å². The fourth-order valence-corrected chi connectivity index (χ4v) is 6.98. The van der Waals surface area contributed by atoms with Crippen molar-refractivity contribution in [2.75, 3.05) is 0 Å². The number of aryl methyl sites for hydroxylation is 8. The fourth-order valence-electron chi connectivity index (χ4n) is 6.98. The zero-order chi connectivity index (χ0) is 25.0. The van der Waals surface area contributed by atoms with Gasteiger partial charge < -0.3 is 9.13 Å². The van der Waals surface area contributed by atoms with E-state index in [9.17, 15) is 0 Å². The predicted octanol–water partition coefficient (Wildman–Crippen LogP) is 9.03. The number of fused-ring (bicyclic) bond motifs is 6. The van der Waals surface area contributed by atoms with E-state index in [2.05, 4.69) is 92.2 Å². The van der Waals surface area contributed by atoms with Crippen LogP contribution in [-0.2, 0) is 13.1 Å². The van der Waals surface area contributed by atoms with Crippen molar-refractivity contribution >= 4 is 43.6 Å². The van der Waals surface area contributed by atoms with Crippen LogP contribution in [0.25, 0.3) is 43.6 Å². The van der Waals surface area contributed by atoms with Gasteiger partial charge in [-0.25, -0.2) is 0 Å². The van der Waals surface area contributed by atoms with Crippen LogP contribution in [0.5, 0.6) is 0 Å². The monoisotopic (exact) mass is 452 g/mol. The summed E-state index contributed by atoms with van der Waals surface area (Å²) in [6.45, 7) is 29.8. The molecule has 0 radical (unpaired) electrons. The van der Waals surface area contributed by atoms with Crippen molar-refractivity contribution in [1.29, 1.82) is 0 Å². The Morgan fingerprint density at radius 3 is 0.912 bits per heavy atom. The SMILES string of the molecule is CCn1c2c(C)c(C)c(C)c(C)c2c2c(C)c3c4c(C)c(C)c(C)c(C)c4n(CC)c3c(C)c21. The van der Waals surface area contributed by atoms with Crippen molar-refractivity contribution in [2.24, 2.45) is 0 Å². The van der Waals surface area contributed by atoms with Gasteiger partial charge in [-0.1, -0.05) is 0 Å². The maximum Gasteiger partial charge on any atom is 0.0545 e. The first-order valence-corrected chi connectivity index (χ1v) is 12.9. The minimum atomic E-state index is 0.983. The average Bonchev–Trinajstić information content (AvgIpc) is 3.36. The number of hydrogen-bond donors (Lipinski definition) is 0. The molecule has 0 aliphatic rings. The van der Waals surface area contributed by atoms with E-state index in [1.54, 1.807) is 0 Å². The number of benzene rings is 3. The average molecular weight is 453 g/mol. The van der Waals surface area contributed by atoms with Gasteiger partial charge in [0.05, 0.1) is 22.1 Å². The Hall–Kier alpha value is -2.74. The normalized spacial score (nSPS) is 12.4. The van der Waals surface area contributed by atoms with E-state index < -0.39 is 0 Å². The molecule has 0 spiro atoms. The van der Waals surface area contributed by atoms with E-state index in [4.69, 9.17) is 0 Å². The molecule has 0 saturated carbocycles. The lowest BCUT2D eigenvalue weighted by atomic mass is 9.90. The third kappa shape index (κ3) is 2.47. The van der Waals surface area contributed by atoms with Crippen LogP contribution in [0.1, 0.15) is 69.5 Å².